The fourth-order valence-electron chi connectivity index (χ4n) is 1.65. The second kappa shape index (κ2) is 11.1. The molecule has 25 heavy (non-hydrogen) atoms. The lowest BCUT2D eigenvalue weighted by Crippen LogP contribution is -2.03. The molecule has 0 atom stereocenters. The Hall–Kier alpha value is -3.53. The molecule has 0 radical (unpaired) electrons. The largest absolute Gasteiger partial charge is 0.497 e. The van der Waals surface area contributed by atoms with Crippen molar-refractivity contribution in [3.8, 4) is 5.75 Å². The van der Waals surface area contributed by atoms with Crippen molar-refractivity contribution in [3.05, 3.63) is 54.1 Å². The highest BCUT2D eigenvalue weighted by Gasteiger charge is 2.04. The van der Waals surface area contributed by atoms with E-state index in [9.17, 15) is 14.4 Å². The smallest absolute Gasteiger partial charge is 0.338 e. The van der Waals surface area contributed by atoms with Gasteiger partial charge in [0.2, 0.25) is 12.2 Å². The van der Waals surface area contributed by atoms with E-state index in [1.54, 1.807) is 62.6 Å². The number of carbonyl (C=O) groups excluding carboxylic acids is 3. The van der Waals surface area contributed by atoms with Gasteiger partial charge in [0, 0.05) is 0 Å². The molecular weight excluding hydrogens is 324 g/mol. The van der Waals surface area contributed by atoms with Crippen LogP contribution in [0.5, 0.6) is 5.75 Å². The van der Waals surface area contributed by atoms with Gasteiger partial charge in [0.15, 0.2) is 0 Å². The van der Waals surface area contributed by atoms with Crippen molar-refractivity contribution in [3.63, 3.8) is 0 Å². The highest BCUT2D eigenvalue weighted by atomic mass is 16.5. The number of benzene rings is 2. The first-order chi connectivity index (χ1) is 12.1. The van der Waals surface area contributed by atoms with Gasteiger partial charge in [-0.15, -0.1) is 0 Å². The maximum Gasteiger partial charge on any atom is 0.338 e. The molecule has 0 saturated heterocycles. The van der Waals surface area contributed by atoms with Gasteiger partial charge in [-0.05, 0) is 55.5 Å². The number of aliphatic imine (C=N–C) groups is 2. The zero-order valence-corrected chi connectivity index (χ0v) is 13.8. The Kier molecular flexibility index (Phi) is 8.65. The van der Waals surface area contributed by atoms with Gasteiger partial charge < -0.3 is 9.47 Å². The van der Waals surface area contributed by atoms with Crippen molar-refractivity contribution in [1.29, 1.82) is 0 Å². The lowest BCUT2D eigenvalue weighted by Gasteiger charge is -2.00. The molecule has 0 heterocycles. The molecule has 2 rings (SSSR count). The van der Waals surface area contributed by atoms with E-state index in [1.165, 1.54) is 12.2 Å². The average molecular weight is 340 g/mol. The van der Waals surface area contributed by atoms with Crippen molar-refractivity contribution in [2.75, 3.05) is 13.7 Å². The molecule has 128 valence electrons. The number of methoxy groups -OCH3 is 1. The molecule has 0 aromatic heterocycles. The van der Waals surface area contributed by atoms with E-state index in [-0.39, 0.29) is 5.97 Å². The zero-order valence-electron chi connectivity index (χ0n) is 13.8. The Bertz CT molecular complexity index is 772. The number of isocyanates is 2. The summed E-state index contributed by atoms with van der Waals surface area (Å²) < 4.78 is 9.69. The second-order valence-electron chi connectivity index (χ2n) is 4.37. The standard InChI is InChI=1S/C10H9NO3.C8H7NO2/c1-2-14-10(13)8-3-5-9(6-4-8)11-7-12;1-11-8-4-2-7(3-5-8)9-6-10/h3-6H,2H2,1H3;2-5H,1H3. The number of esters is 1. The van der Waals surface area contributed by atoms with E-state index >= 15 is 0 Å². The molecule has 0 spiro atoms. The van der Waals surface area contributed by atoms with Crippen LogP contribution >= 0.6 is 0 Å². The first kappa shape index (κ1) is 19.5. The Morgan fingerprint density at radius 3 is 1.80 bits per heavy atom. The third kappa shape index (κ3) is 7.05. The van der Waals surface area contributed by atoms with Crippen LogP contribution in [0.1, 0.15) is 17.3 Å². The predicted octanol–water partition coefficient (Wildman–Crippen LogP) is 3.49. The second-order valence-corrected chi connectivity index (χ2v) is 4.37. The van der Waals surface area contributed by atoms with Gasteiger partial charge in [0.1, 0.15) is 5.75 Å². The monoisotopic (exact) mass is 340 g/mol. The van der Waals surface area contributed by atoms with Crippen LogP contribution in [-0.4, -0.2) is 31.8 Å². The first-order valence-corrected chi connectivity index (χ1v) is 7.21. The van der Waals surface area contributed by atoms with E-state index in [4.69, 9.17) is 9.47 Å². The maximum atomic E-state index is 11.2. The van der Waals surface area contributed by atoms with E-state index in [1.807, 2.05) is 0 Å². The van der Waals surface area contributed by atoms with Crippen molar-refractivity contribution < 1.29 is 23.9 Å². The predicted molar refractivity (Wildman–Crippen MR) is 91.0 cm³/mol. The fraction of sp³-hybridized carbons (Fsp3) is 0.167. The van der Waals surface area contributed by atoms with E-state index in [0.717, 1.165) is 5.75 Å². The van der Waals surface area contributed by atoms with Crippen molar-refractivity contribution in [1.82, 2.24) is 0 Å². The summed E-state index contributed by atoms with van der Waals surface area (Å²) in [5.74, 6) is 0.365. The van der Waals surface area contributed by atoms with E-state index in [2.05, 4.69) is 9.98 Å². The van der Waals surface area contributed by atoms with Gasteiger partial charge in [0.05, 0.1) is 30.7 Å². The lowest BCUT2D eigenvalue weighted by atomic mass is 10.2. The highest BCUT2D eigenvalue weighted by Crippen LogP contribution is 2.16. The van der Waals surface area contributed by atoms with Gasteiger partial charge in [-0.3, -0.25) is 0 Å². The summed E-state index contributed by atoms with van der Waals surface area (Å²) in [7, 11) is 1.58. The number of hydrogen-bond donors (Lipinski definition) is 0. The minimum Gasteiger partial charge on any atom is -0.497 e. The van der Waals surface area contributed by atoms with Crippen LogP contribution in [0.2, 0.25) is 0 Å². The molecule has 0 aliphatic heterocycles. The summed E-state index contributed by atoms with van der Waals surface area (Å²) in [5.41, 5.74) is 1.49. The molecule has 0 N–H and O–H groups in total. The normalized spacial score (nSPS) is 8.72. The molecule has 0 fully saturated rings. The van der Waals surface area contributed by atoms with Crippen molar-refractivity contribution >= 4 is 29.5 Å². The van der Waals surface area contributed by atoms with Crippen molar-refractivity contribution in [2.45, 2.75) is 6.92 Å². The molecule has 0 saturated carbocycles. The molecule has 0 aliphatic carbocycles. The third-order valence-corrected chi connectivity index (χ3v) is 2.80. The Labute approximate surface area is 144 Å². The lowest BCUT2D eigenvalue weighted by molar-refractivity contribution is 0.0526. The summed E-state index contributed by atoms with van der Waals surface area (Å²) in [6, 6.07) is 13.0. The number of nitrogens with zero attached hydrogens (tertiary/aromatic N) is 2. The van der Waals surface area contributed by atoms with Gasteiger partial charge in [-0.2, -0.15) is 9.98 Å². The fourth-order valence-corrected chi connectivity index (χ4v) is 1.65. The molecule has 2 aromatic carbocycles. The summed E-state index contributed by atoms with van der Waals surface area (Å²) in [5, 5.41) is 0. The van der Waals surface area contributed by atoms with Crippen LogP contribution < -0.4 is 4.74 Å². The average Bonchev–Trinajstić information content (AvgIpc) is 2.64. The Morgan fingerprint density at radius 2 is 1.40 bits per heavy atom. The quantitative estimate of drug-likeness (QED) is 0.472. The molecule has 0 aliphatic rings. The van der Waals surface area contributed by atoms with E-state index < -0.39 is 0 Å². The van der Waals surface area contributed by atoms with Crippen LogP contribution in [0, 0.1) is 0 Å². The van der Waals surface area contributed by atoms with Gasteiger partial charge in [-0.1, -0.05) is 0 Å². The molecular formula is C18H16N2O5. The van der Waals surface area contributed by atoms with Crippen LogP contribution in [0.15, 0.2) is 58.5 Å². The zero-order chi connectivity index (χ0) is 18.5. The van der Waals surface area contributed by atoms with E-state index in [0.29, 0.717) is 23.5 Å². The molecule has 7 heteroatoms. The molecule has 2 aromatic rings. The van der Waals surface area contributed by atoms with Crippen LogP contribution in [0.3, 0.4) is 0 Å². The van der Waals surface area contributed by atoms with Crippen LogP contribution in [0.4, 0.5) is 11.4 Å². The molecule has 0 amide bonds. The minimum atomic E-state index is -0.380. The molecule has 0 unspecified atom stereocenters. The van der Waals surface area contributed by atoms with Gasteiger partial charge >= 0.3 is 5.97 Å². The summed E-state index contributed by atoms with van der Waals surface area (Å²) in [6.07, 6.45) is 2.87. The molecule has 0 bridgehead atoms. The van der Waals surface area contributed by atoms with Gasteiger partial charge in [-0.25, -0.2) is 14.4 Å². The number of ether oxygens (including phenoxy) is 2. The van der Waals surface area contributed by atoms with Crippen LogP contribution in [-0.2, 0) is 14.3 Å². The summed E-state index contributed by atoms with van der Waals surface area (Å²) in [6.45, 7) is 2.08. The van der Waals surface area contributed by atoms with Crippen LogP contribution in [0.25, 0.3) is 0 Å². The SMILES string of the molecule is CCOC(=O)c1ccc(N=C=O)cc1.COc1ccc(N=C=O)cc1. The summed E-state index contributed by atoms with van der Waals surface area (Å²) in [4.78, 5) is 37.7. The topological polar surface area (TPSA) is 94.4 Å². The number of carbonyl (C=O) groups is 1. The minimum absolute atomic E-state index is 0.340. The van der Waals surface area contributed by atoms with Gasteiger partial charge in [0.25, 0.3) is 0 Å². The molecule has 7 nitrogen and oxygen atoms in total. The number of rotatable bonds is 5. The first-order valence-electron chi connectivity index (χ1n) is 7.21. The number of hydrogen-bond acceptors (Lipinski definition) is 7. The summed E-state index contributed by atoms with van der Waals surface area (Å²) >= 11 is 0. The maximum absolute atomic E-state index is 11.2. The van der Waals surface area contributed by atoms with Crippen molar-refractivity contribution in [2.24, 2.45) is 9.98 Å². The Morgan fingerprint density at radius 1 is 0.920 bits per heavy atom. The third-order valence-electron chi connectivity index (χ3n) is 2.80. The Balaban J connectivity index is 0.000000257. The highest BCUT2D eigenvalue weighted by molar-refractivity contribution is 5.89.